The highest BCUT2D eigenvalue weighted by Gasteiger charge is 2.32. The van der Waals surface area contributed by atoms with Crippen LogP contribution in [0.25, 0.3) is 0 Å². The lowest BCUT2D eigenvalue weighted by atomic mass is 10.1. The summed E-state index contributed by atoms with van der Waals surface area (Å²) in [6.45, 7) is 1.98. The predicted octanol–water partition coefficient (Wildman–Crippen LogP) is 2.67. The molecular weight excluding hydrogens is 354 g/mol. The average Bonchev–Trinajstić information content (AvgIpc) is 3.10. The number of aliphatic imine (C=N–C) groups is 2. The highest BCUT2D eigenvalue weighted by atomic mass is 32.2. The second-order valence-electron chi connectivity index (χ2n) is 5.88. The Bertz CT molecular complexity index is 803. The molecule has 0 aromatic heterocycles. The first-order valence-corrected chi connectivity index (χ1v) is 9.46. The number of para-hydroxylation sites is 1. The summed E-state index contributed by atoms with van der Waals surface area (Å²) < 4.78 is 4.99. The van der Waals surface area contributed by atoms with Crippen molar-refractivity contribution < 1.29 is 19.1 Å². The molecule has 1 aromatic carbocycles. The van der Waals surface area contributed by atoms with Crippen LogP contribution in [-0.4, -0.2) is 41.0 Å². The van der Waals surface area contributed by atoms with Gasteiger partial charge in [0, 0.05) is 5.71 Å². The summed E-state index contributed by atoms with van der Waals surface area (Å²) in [5.41, 5.74) is 1.56. The SMILES string of the molecule is CCOC(=O)c1ccccc1NC(=O)CSC1=NC(=O)C2CCCC2=N1. The van der Waals surface area contributed by atoms with Crippen molar-refractivity contribution in [2.75, 3.05) is 17.7 Å². The van der Waals surface area contributed by atoms with E-state index in [4.69, 9.17) is 4.74 Å². The zero-order chi connectivity index (χ0) is 18.5. The number of benzene rings is 1. The van der Waals surface area contributed by atoms with Gasteiger partial charge in [0.2, 0.25) is 5.91 Å². The van der Waals surface area contributed by atoms with E-state index in [-0.39, 0.29) is 30.1 Å². The Morgan fingerprint density at radius 1 is 1.31 bits per heavy atom. The molecule has 0 radical (unpaired) electrons. The molecule has 1 atom stereocenters. The van der Waals surface area contributed by atoms with Crippen molar-refractivity contribution in [3.8, 4) is 0 Å². The van der Waals surface area contributed by atoms with Crippen molar-refractivity contribution in [2.45, 2.75) is 26.2 Å². The van der Waals surface area contributed by atoms with Crippen molar-refractivity contribution in [3.63, 3.8) is 0 Å². The van der Waals surface area contributed by atoms with Gasteiger partial charge in [-0.3, -0.25) is 9.59 Å². The van der Waals surface area contributed by atoms with Crippen LogP contribution >= 0.6 is 11.8 Å². The number of hydrogen-bond donors (Lipinski definition) is 1. The van der Waals surface area contributed by atoms with Gasteiger partial charge in [-0.15, -0.1) is 0 Å². The van der Waals surface area contributed by atoms with Crippen molar-refractivity contribution in [2.24, 2.45) is 15.9 Å². The van der Waals surface area contributed by atoms with Gasteiger partial charge in [-0.2, -0.15) is 4.99 Å². The number of rotatable bonds is 5. The molecule has 3 rings (SSSR count). The summed E-state index contributed by atoms with van der Waals surface area (Å²) in [5.74, 6) is -1.08. The van der Waals surface area contributed by atoms with E-state index in [9.17, 15) is 14.4 Å². The number of amidine groups is 1. The predicted molar refractivity (Wildman–Crippen MR) is 101 cm³/mol. The van der Waals surface area contributed by atoms with Crippen molar-refractivity contribution in [1.29, 1.82) is 0 Å². The smallest absolute Gasteiger partial charge is 0.340 e. The third kappa shape index (κ3) is 4.19. The van der Waals surface area contributed by atoms with Gasteiger partial charge in [0.15, 0.2) is 5.17 Å². The maximum Gasteiger partial charge on any atom is 0.340 e. The molecule has 1 N–H and O–H groups in total. The van der Waals surface area contributed by atoms with E-state index in [1.165, 1.54) is 0 Å². The third-order valence-corrected chi connectivity index (χ3v) is 4.95. The second kappa shape index (κ2) is 8.27. The Kier molecular flexibility index (Phi) is 5.82. The van der Waals surface area contributed by atoms with Gasteiger partial charge < -0.3 is 10.1 Å². The van der Waals surface area contributed by atoms with Gasteiger partial charge in [-0.05, 0) is 38.3 Å². The lowest BCUT2D eigenvalue weighted by Gasteiger charge is -2.13. The fourth-order valence-corrected chi connectivity index (χ4v) is 3.58. The van der Waals surface area contributed by atoms with E-state index >= 15 is 0 Å². The number of fused-ring (bicyclic) bond motifs is 1. The van der Waals surface area contributed by atoms with Crippen LogP contribution in [0.4, 0.5) is 5.69 Å². The fraction of sp³-hybridized carbons (Fsp3) is 0.389. The number of ether oxygens (including phenoxy) is 1. The van der Waals surface area contributed by atoms with E-state index in [1.807, 2.05) is 0 Å². The molecule has 1 aliphatic carbocycles. The molecule has 2 aliphatic rings. The number of hydrogen-bond acceptors (Lipinski definition) is 6. The van der Waals surface area contributed by atoms with E-state index in [2.05, 4.69) is 15.3 Å². The monoisotopic (exact) mass is 373 g/mol. The molecule has 136 valence electrons. The quantitative estimate of drug-likeness (QED) is 0.800. The van der Waals surface area contributed by atoms with Gasteiger partial charge in [0.1, 0.15) is 0 Å². The fourth-order valence-electron chi connectivity index (χ4n) is 2.91. The van der Waals surface area contributed by atoms with Crippen LogP contribution in [0.3, 0.4) is 0 Å². The molecule has 1 aliphatic heterocycles. The lowest BCUT2D eigenvalue weighted by molar-refractivity contribution is -0.119. The molecule has 26 heavy (non-hydrogen) atoms. The maximum absolute atomic E-state index is 12.2. The third-order valence-electron chi connectivity index (χ3n) is 4.10. The standard InChI is InChI=1S/C18H19N3O4S/c1-2-25-17(24)12-6-3-4-8-14(12)19-15(22)10-26-18-20-13-9-5-7-11(13)16(23)21-18/h3-4,6,8,11H,2,5,7,9-10H2,1H3,(H,19,22). The minimum atomic E-state index is -0.489. The van der Waals surface area contributed by atoms with Gasteiger partial charge >= 0.3 is 5.97 Å². The normalized spacial score (nSPS) is 18.7. The number of carbonyl (C=O) groups excluding carboxylic acids is 3. The van der Waals surface area contributed by atoms with Gasteiger partial charge in [-0.1, -0.05) is 23.9 Å². The van der Waals surface area contributed by atoms with Crippen LogP contribution in [0.1, 0.15) is 36.5 Å². The largest absolute Gasteiger partial charge is 0.462 e. The van der Waals surface area contributed by atoms with Crippen LogP contribution < -0.4 is 5.32 Å². The summed E-state index contributed by atoms with van der Waals surface area (Å²) in [5, 5.41) is 3.03. The molecule has 1 unspecified atom stereocenters. The number of anilines is 1. The molecule has 1 saturated carbocycles. The van der Waals surface area contributed by atoms with Crippen LogP contribution in [0.15, 0.2) is 34.3 Å². The molecule has 0 spiro atoms. The lowest BCUT2D eigenvalue weighted by Crippen LogP contribution is -2.24. The number of amides is 2. The number of esters is 1. The highest BCUT2D eigenvalue weighted by molar-refractivity contribution is 8.14. The van der Waals surface area contributed by atoms with Gasteiger partial charge in [-0.25, -0.2) is 9.79 Å². The first-order chi connectivity index (χ1) is 12.6. The minimum absolute atomic E-state index is 0.0463. The Labute approximate surface area is 155 Å². The molecule has 2 amide bonds. The number of carbonyl (C=O) groups is 3. The Morgan fingerprint density at radius 3 is 2.92 bits per heavy atom. The molecule has 8 heteroatoms. The topological polar surface area (TPSA) is 97.2 Å². The zero-order valence-electron chi connectivity index (χ0n) is 14.4. The summed E-state index contributed by atoms with van der Waals surface area (Å²) >= 11 is 1.12. The Hall–Kier alpha value is -2.48. The average molecular weight is 373 g/mol. The van der Waals surface area contributed by atoms with Crippen molar-refractivity contribution in [1.82, 2.24) is 0 Å². The van der Waals surface area contributed by atoms with E-state index < -0.39 is 5.97 Å². The molecular formula is C18H19N3O4S. The molecule has 7 nitrogen and oxygen atoms in total. The Balaban J connectivity index is 1.60. The van der Waals surface area contributed by atoms with Gasteiger partial charge in [0.25, 0.3) is 5.91 Å². The number of thioether (sulfide) groups is 1. The second-order valence-corrected chi connectivity index (χ2v) is 6.83. The first-order valence-electron chi connectivity index (χ1n) is 8.47. The van der Waals surface area contributed by atoms with Crippen LogP contribution in [-0.2, 0) is 14.3 Å². The summed E-state index contributed by atoms with van der Waals surface area (Å²) in [7, 11) is 0. The van der Waals surface area contributed by atoms with E-state index in [1.54, 1.807) is 31.2 Å². The first kappa shape index (κ1) is 18.3. The zero-order valence-corrected chi connectivity index (χ0v) is 15.2. The molecule has 1 heterocycles. The number of nitrogens with one attached hydrogen (secondary N) is 1. The van der Waals surface area contributed by atoms with Crippen LogP contribution in [0.5, 0.6) is 0 Å². The molecule has 0 bridgehead atoms. The minimum Gasteiger partial charge on any atom is -0.462 e. The molecule has 1 fully saturated rings. The summed E-state index contributed by atoms with van der Waals surface area (Å²) in [6, 6.07) is 6.66. The Morgan fingerprint density at radius 2 is 2.12 bits per heavy atom. The molecule has 1 aromatic rings. The van der Waals surface area contributed by atoms with Crippen molar-refractivity contribution in [3.05, 3.63) is 29.8 Å². The van der Waals surface area contributed by atoms with E-state index in [0.717, 1.165) is 36.7 Å². The molecule has 0 saturated heterocycles. The van der Waals surface area contributed by atoms with Crippen LogP contribution in [0.2, 0.25) is 0 Å². The van der Waals surface area contributed by atoms with Gasteiger partial charge in [0.05, 0.1) is 29.5 Å². The number of nitrogens with zero attached hydrogens (tertiary/aromatic N) is 2. The summed E-state index contributed by atoms with van der Waals surface area (Å²) in [6.07, 6.45) is 2.58. The maximum atomic E-state index is 12.2. The van der Waals surface area contributed by atoms with Crippen molar-refractivity contribution >= 4 is 46.1 Å². The summed E-state index contributed by atoms with van der Waals surface area (Å²) in [4.78, 5) is 44.5. The van der Waals surface area contributed by atoms with Crippen LogP contribution in [0, 0.1) is 5.92 Å². The highest BCUT2D eigenvalue weighted by Crippen LogP contribution is 2.28. The van der Waals surface area contributed by atoms with E-state index in [0.29, 0.717) is 16.4 Å².